The quantitative estimate of drug-likeness (QED) is 0.781. The highest BCUT2D eigenvalue weighted by atomic mass is 35.5. The Morgan fingerprint density at radius 1 is 1.53 bits per heavy atom. The van der Waals surface area contributed by atoms with Crippen LogP contribution in [0.3, 0.4) is 0 Å². The van der Waals surface area contributed by atoms with Gasteiger partial charge in [0.15, 0.2) is 0 Å². The van der Waals surface area contributed by atoms with Crippen LogP contribution < -0.4 is 5.32 Å². The molecule has 1 aliphatic rings. The van der Waals surface area contributed by atoms with Gasteiger partial charge in [0, 0.05) is 24.7 Å². The minimum atomic E-state index is 0.682. The zero-order chi connectivity index (χ0) is 11.1. The van der Waals surface area contributed by atoms with Crippen LogP contribution in [0.15, 0.2) is 11.1 Å². The summed E-state index contributed by atoms with van der Waals surface area (Å²) in [4.78, 5) is 2.46. The van der Waals surface area contributed by atoms with Crippen molar-refractivity contribution in [3.8, 4) is 0 Å². The fraction of sp³-hybridized carbons (Fsp3) is 0.833. The molecule has 1 N–H and O–H groups in total. The zero-order valence-electron chi connectivity index (χ0n) is 9.93. The molecule has 0 aromatic heterocycles. The molecule has 0 amide bonds. The molecular weight excluding hydrogens is 208 g/mol. The Labute approximate surface area is 98.7 Å². The molecule has 1 unspecified atom stereocenters. The molecule has 0 bridgehead atoms. The fourth-order valence-electron chi connectivity index (χ4n) is 2.08. The van der Waals surface area contributed by atoms with Crippen molar-refractivity contribution in [1.29, 1.82) is 0 Å². The number of likely N-dealkylation sites (N-methyl/N-ethyl adjacent to an activating group) is 1. The normalized spacial score (nSPS) is 23.5. The van der Waals surface area contributed by atoms with E-state index in [2.05, 4.69) is 24.1 Å². The highest BCUT2D eigenvalue weighted by Crippen LogP contribution is 2.09. The lowest BCUT2D eigenvalue weighted by Gasteiger charge is -2.30. The number of hydrogen-bond donors (Lipinski definition) is 1. The summed E-state index contributed by atoms with van der Waals surface area (Å²) in [7, 11) is 0. The van der Waals surface area contributed by atoms with E-state index in [0.717, 1.165) is 19.6 Å². The predicted molar refractivity (Wildman–Crippen MR) is 67.4 cm³/mol. The molecule has 3 heteroatoms. The molecule has 1 aliphatic heterocycles. The molecule has 1 fully saturated rings. The molecule has 0 aromatic rings. The molecule has 1 heterocycles. The third-order valence-electron chi connectivity index (χ3n) is 3.00. The van der Waals surface area contributed by atoms with Crippen LogP contribution in [-0.2, 0) is 0 Å². The number of hydrogen-bond acceptors (Lipinski definition) is 2. The van der Waals surface area contributed by atoms with Gasteiger partial charge in [-0.05, 0) is 38.4 Å². The van der Waals surface area contributed by atoms with Crippen molar-refractivity contribution in [1.82, 2.24) is 10.2 Å². The highest BCUT2D eigenvalue weighted by molar-refractivity contribution is 6.25. The van der Waals surface area contributed by atoms with Gasteiger partial charge in [0.25, 0.3) is 0 Å². The largest absolute Gasteiger partial charge is 0.313 e. The van der Waals surface area contributed by atoms with Gasteiger partial charge in [-0.15, -0.1) is 0 Å². The Hall–Kier alpha value is -0.0500. The Morgan fingerprint density at radius 2 is 2.33 bits per heavy atom. The monoisotopic (exact) mass is 230 g/mol. The van der Waals surface area contributed by atoms with Crippen LogP contribution in [0, 0.1) is 0 Å². The van der Waals surface area contributed by atoms with Gasteiger partial charge in [0.05, 0.1) is 0 Å². The molecule has 0 aliphatic carbocycles. The molecule has 0 aromatic carbocycles. The molecule has 1 rings (SSSR count). The lowest BCUT2D eigenvalue weighted by atomic mass is 10.0. The van der Waals surface area contributed by atoms with Gasteiger partial charge in [-0.3, -0.25) is 4.90 Å². The van der Waals surface area contributed by atoms with Crippen LogP contribution in [0.4, 0.5) is 0 Å². The van der Waals surface area contributed by atoms with Crippen LogP contribution in [0.1, 0.15) is 33.1 Å². The van der Waals surface area contributed by atoms with Crippen molar-refractivity contribution < 1.29 is 0 Å². The van der Waals surface area contributed by atoms with Crippen LogP contribution in [-0.4, -0.2) is 37.1 Å². The highest BCUT2D eigenvalue weighted by Gasteiger charge is 2.15. The summed E-state index contributed by atoms with van der Waals surface area (Å²) in [5, 5.41) is 3.58. The van der Waals surface area contributed by atoms with E-state index in [0.29, 0.717) is 6.04 Å². The first-order valence-corrected chi connectivity index (χ1v) is 6.41. The van der Waals surface area contributed by atoms with E-state index < -0.39 is 0 Å². The van der Waals surface area contributed by atoms with Crippen molar-refractivity contribution in [3.63, 3.8) is 0 Å². The summed E-state index contributed by atoms with van der Waals surface area (Å²) in [6, 6.07) is 0.682. The van der Waals surface area contributed by atoms with Crippen molar-refractivity contribution in [2.24, 2.45) is 0 Å². The Morgan fingerprint density at radius 3 is 2.87 bits per heavy atom. The first-order valence-electron chi connectivity index (χ1n) is 5.97. The van der Waals surface area contributed by atoms with Gasteiger partial charge in [-0.25, -0.2) is 0 Å². The Kier molecular flexibility index (Phi) is 6.30. The first-order chi connectivity index (χ1) is 7.26. The number of piperidine rings is 1. The van der Waals surface area contributed by atoms with Gasteiger partial charge < -0.3 is 5.32 Å². The second-order valence-electron chi connectivity index (χ2n) is 4.43. The predicted octanol–water partition coefficient (Wildman–Crippen LogP) is 2.59. The standard InChI is InChI=1S/C12H23ClN2/c1-3-15(9-11(2)8-13)10-12-6-4-5-7-14-12/h8,12,14H,3-7,9-10H2,1-2H3. The van der Waals surface area contributed by atoms with Crippen LogP contribution in [0.25, 0.3) is 0 Å². The maximum atomic E-state index is 5.69. The first kappa shape index (κ1) is 13.0. The molecule has 15 heavy (non-hydrogen) atoms. The van der Waals surface area contributed by atoms with Gasteiger partial charge in [0.1, 0.15) is 0 Å². The second kappa shape index (κ2) is 7.26. The number of rotatable bonds is 5. The Balaban J connectivity index is 2.31. The van der Waals surface area contributed by atoms with E-state index in [9.17, 15) is 0 Å². The van der Waals surface area contributed by atoms with Crippen molar-refractivity contribution >= 4 is 11.6 Å². The number of nitrogens with one attached hydrogen (secondary N) is 1. The maximum Gasteiger partial charge on any atom is 0.0202 e. The topological polar surface area (TPSA) is 15.3 Å². The van der Waals surface area contributed by atoms with E-state index in [1.54, 1.807) is 5.54 Å². The van der Waals surface area contributed by atoms with Gasteiger partial charge in [-0.2, -0.15) is 0 Å². The second-order valence-corrected chi connectivity index (χ2v) is 4.65. The van der Waals surface area contributed by atoms with E-state index in [4.69, 9.17) is 11.6 Å². The summed E-state index contributed by atoms with van der Waals surface area (Å²) in [6.45, 7) is 8.73. The van der Waals surface area contributed by atoms with Crippen molar-refractivity contribution in [2.45, 2.75) is 39.2 Å². The smallest absolute Gasteiger partial charge is 0.0202 e. The number of nitrogens with zero attached hydrogens (tertiary/aromatic N) is 1. The summed E-state index contributed by atoms with van der Waals surface area (Å²) < 4.78 is 0. The van der Waals surface area contributed by atoms with E-state index in [1.807, 2.05) is 0 Å². The van der Waals surface area contributed by atoms with Gasteiger partial charge >= 0.3 is 0 Å². The van der Waals surface area contributed by atoms with E-state index in [-0.39, 0.29) is 0 Å². The number of halogens is 1. The van der Waals surface area contributed by atoms with Gasteiger partial charge in [-0.1, -0.05) is 24.9 Å². The lowest BCUT2D eigenvalue weighted by molar-refractivity contribution is 0.248. The summed E-state index contributed by atoms with van der Waals surface area (Å²) in [5.41, 5.74) is 2.94. The summed E-state index contributed by atoms with van der Waals surface area (Å²) in [5.74, 6) is 0. The van der Waals surface area contributed by atoms with Crippen molar-refractivity contribution in [3.05, 3.63) is 11.1 Å². The summed E-state index contributed by atoms with van der Waals surface area (Å²) in [6.07, 6.45) is 4.03. The van der Waals surface area contributed by atoms with Gasteiger partial charge in [0.2, 0.25) is 0 Å². The van der Waals surface area contributed by atoms with Crippen LogP contribution in [0.2, 0.25) is 0 Å². The summed E-state index contributed by atoms with van der Waals surface area (Å²) >= 11 is 5.69. The maximum absolute atomic E-state index is 5.69. The molecule has 0 spiro atoms. The third-order valence-corrected chi connectivity index (χ3v) is 3.37. The molecule has 88 valence electrons. The Bertz CT molecular complexity index is 198. The molecule has 2 nitrogen and oxygen atoms in total. The van der Waals surface area contributed by atoms with Crippen molar-refractivity contribution in [2.75, 3.05) is 26.2 Å². The fourth-order valence-corrected chi connectivity index (χ4v) is 2.15. The molecule has 1 atom stereocenters. The SMILES string of the molecule is CCN(CC(C)=CCl)CC1CCCCN1. The third kappa shape index (κ3) is 5.01. The molecule has 1 saturated heterocycles. The average molecular weight is 231 g/mol. The average Bonchev–Trinajstić information content (AvgIpc) is 2.29. The zero-order valence-corrected chi connectivity index (χ0v) is 10.7. The molecule has 0 saturated carbocycles. The van der Waals surface area contributed by atoms with Crippen LogP contribution >= 0.6 is 11.6 Å². The van der Waals surface area contributed by atoms with E-state index >= 15 is 0 Å². The molecule has 0 radical (unpaired) electrons. The van der Waals surface area contributed by atoms with E-state index in [1.165, 1.54) is 31.4 Å². The van der Waals surface area contributed by atoms with Crippen LogP contribution in [0.5, 0.6) is 0 Å². The minimum Gasteiger partial charge on any atom is -0.313 e. The minimum absolute atomic E-state index is 0.682. The lowest BCUT2D eigenvalue weighted by Crippen LogP contribution is -2.44. The molecular formula is C12H23ClN2.